The number of hydrogen-bond acceptors (Lipinski definition) is 3. The molecule has 1 aliphatic heterocycles. The van der Waals surface area contributed by atoms with Crippen LogP contribution in [0.3, 0.4) is 0 Å². The van der Waals surface area contributed by atoms with Crippen LogP contribution in [0.5, 0.6) is 0 Å². The van der Waals surface area contributed by atoms with Crippen LogP contribution in [0.1, 0.15) is 40.2 Å². The van der Waals surface area contributed by atoms with E-state index in [2.05, 4.69) is 72.5 Å². The van der Waals surface area contributed by atoms with Crippen LogP contribution < -0.4 is 0 Å². The summed E-state index contributed by atoms with van der Waals surface area (Å²) in [6, 6.07) is 8.44. The Morgan fingerprint density at radius 2 is 2.05 bits per heavy atom. The zero-order chi connectivity index (χ0) is 15.3. The maximum atomic E-state index is 6.15. The van der Waals surface area contributed by atoms with Crippen LogP contribution in [0.25, 0.3) is 11.4 Å². The molecule has 1 fully saturated rings. The molecule has 4 nitrogen and oxygen atoms in total. The SMILES string of the molecule is CC1(C)CC(n2cnc(-c3cccc(I)c3)n2)C(C)(C)O1. The highest BCUT2D eigenvalue weighted by Crippen LogP contribution is 2.44. The van der Waals surface area contributed by atoms with Crippen LogP contribution in [-0.4, -0.2) is 26.0 Å². The lowest BCUT2D eigenvalue weighted by molar-refractivity contribution is -0.0737. The van der Waals surface area contributed by atoms with Gasteiger partial charge in [0, 0.05) is 15.6 Å². The van der Waals surface area contributed by atoms with Crippen molar-refractivity contribution in [2.75, 3.05) is 0 Å². The maximum absolute atomic E-state index is 6.15. The maximum Gasteiger partial charge on any atom is 0.181 e. The summed E-state index contributed by atoms with van der Waals surface area (Å²) in [7, 11) is 0. The normalized spacial score (nSPS) is 23.4. The molecule has 1 saturated heterocycles. The lowest BCUT2D eigenvalue weighted by atomic mass is 9.95. The highest BCUT2D eigenvalue weighted by atomic mass is 127. The van der Waals surface area contributed by atoms with Crippen LogP contribution in [0.4, 0.5) is 0 Å². The minimum absolute atomic E-state index is 0.123. The molecule has 0 radical (unpaired) electrons. The van der Waals surface area contributed by atoms with Crippen LogP contribution in [0.2, 0.25) is 0 Å². The van der Waals surface area contributed by atoms with Crippen molar-refractivity contribution in [1.82, 2.24) is 14.8 Å². The molecule has 1 aromatic carbocycles. The molecule has 0 N–H and O–H groups in total. The Morgan fingerprint density at radius 3 is 2.67 bits per heavy atom. The molecule has 1 atom stereocenters. The standard InChI is InChI=1S/C16H20IN3O/c1-15(2)9-13(16(3,4)21-15)20-10-18-14(19-20)11-6-5-7-12(17)8-11/h5-8,10,13H,9H2,1-4H3. The van der Waals surface area contributed by atoms with Gasteiger partial charge in [0.2, 0.25) is 0 Å². The molecule has 2 aromatic rings. The molecule has 0 aliphatic carbocycles. The van der Waals surface area contributed by atoms with Crippen molar-refractivity contribution in [1.29, 1.82) is 0 Å². The molecule has 21 heavy (non-hydrogen) atoms. The molecule has 3 rings (SSSR count). The number of aromatic nitrogens is 3. The van der Waals surface area contributed by atoms with Crippen LogP contribution >= 0.6 is 22.6 Å². The lowest BCUT2D eigenvalue weighted by Crippen LogP contribution is -2.31. The molecule has 0 saturated carbocycles. The Balaban J connectivity index is 1.92. The summed E-state index contributed by atoms with van der Waals surface area (Å²) in [6.45, 7) is 8.51. The predicted octanol–water partition coefficient (Wildman–Crippen LogP) is 4.07. The van der Waals surface area contributed by atoms with Gasteiger partial charge in [-0.15, -0.1) is 0 Å². The van der Waals surface area contributed by atoms with Gasteiger partial charge in [-0.05, 0) is 62.4 Å². The molecule has 1 aromatic heterocycles. The summed E-state index contributed by atoms with van der Waals surface area (Å²) >= 11 is 2.30. The fraction of sp³-hybridized carbons (Fsp3) is 0.500. The van der Waals surface area contributed by atoms with E-state index in [1.54, 1.807) is 0 Å². The van der Waals surface area contributed by atoms with Crippen molar-refractivity contribution in [2.45, 2.75) is 51.4 Å². The first-order chi connectivity index (χ1) is 9.77. The smallest absolute Gasteiger partial charge is 0.181 e. The molecule has 5 heteroatoms. The third kappa shape index (κ3) is 2.99. The van der Waals surface area contributed by atoms with Gasteiger partial charge in [-0.2, -0.15) is 5.10 Å². The summed E-state index contributed by atoms with van der Waals surface area (Å²) in [6.07, 6.45) is 2.77. The van der Waals surface area contributed by atoms with Gasteiger partial charge in [-0.25, -0.2) is 9.67 Å². The fourth-order valence-corrected chi connectivity index (χ4v) is 3.67. The number of benzene rings is 1. The highest BCUT2D eigenvalue weighted by Gasteiger charge is 2.47. The molecule has 0 amide bonds. The molecule has 1 aliphatic rings. The van der Waals surface area contributed by atoms with E-state index < -0.39 is 0 Å². The molecule has 1 unspecified atom stereocenters. The lowest BCUT2D eigenvalue weighted by Gasteiger charge is -2.26. The van der Waals surface area contributed by atoms with Gasteiger partial charge >= 0.3 is 0 Å². The van der Waals surface area contributed by atoms with Gasteiger partial charge in [0.05, 0.1) is 17.2 Å². The number of rotatable bonds is 2. The second-order valence-electron chi connectivity index (χ2n) is 6.74. The van der Waals surface area contributed by atoms with Gasteiger partial charge < -0.3 is 4.74 Å². The second kappa shape index (κ2) is 5.05. The average Bonchev–Trinajstić information content (AvgIpc) is 2.91. The summed E-state index contributed by atoms with van der Waals surface area (Å²) in [5.74, 6) is 0.772. The Morgan fingerprint density at radius 1 is 1.29 bits per heavy atom. The van der Waals surface area contributed by atoms with E-state index in [0.717, 1.165) is 17.8 Å². The van der Waals surface area contributed by atoms with Gasteiger partial charge in [-0.3, -0.25) is 0 Å². The fourth-order valence-electron chi connectivity index (χ4n) is 3.13. The summed E-state index contributed by atoms with van der Waals surface area (Å²) in [4.78, 5) is 4.48. The van der Waals surface area contributed by atoms with Gasteiger partial charge in [0.25, 0.3) is 0 Å². The van der Waals surface area contributed by atoms with E-state index in [9.17, 15) is 0 Å². The van der Waals surface area contributed by atoms with Gasteiger partial charge in [0.15, 0.2) is 5.82 Å². The van der Waals surface area contributed by atoms with E-state index in [4.69, 9.17) is 4.74 Å². The number of hydrogen-bond donors (Lipinski definition) is 0. The molecular weight excluding hydrogens is 377 g/mol. The molecule has 0 bridgehead atoms. The summed E-state index contributed by atoms with van der Waals surface area (Å²) in [5, 5.41) is 4.69. The van der Waals surface area contributed by atoms with E-state index in [0.29, 0.717) is 0 Å². The summed E-state index contributed by atoms with van der Waals surface area (Å²) in [5.41, 5.74) is 0.693. The Labute approximate surface area is 139 Å². The van der Waals surface area contributed by atoms with E-state index in [1.807, 2.05) is 23.1 Å². The quantitative estimate of drug-likeness (QED) is 0.718. The first-order valence-corrected chi connectivity index (χ1v) is 8.22. The average molecular weight is 397 g/mol. The monoisotopic (exact) mass is 397 g/mol. The Kier molecular flexibility index (Phi) is 3.60. The van der Waals surface area contributed by atoms with Crippen molar-refractivity contribution in [3.63, 3.8) is 0 Å². The van der Waals surface area contributed by atoms with Crippen molar-refractivity contribution in [2.24, 2.45) is 0 Å². The first kappa shape index (κ1) is 15.0. The topological polar surface area (TPSA) is 39.9 Å². The highest BCUT2D eigenvalue weighted by molar-refractivity contribution is 14.1. The molecule has 112 valence electrons. The second-order valence-corrected chi connectivity index (χ2v) is 7.99. The van der Waals surface area contributed by atoms with Gasteiger partial charge in [-0.1, -0.05) is 12.1 Å². The van der Waals surface area contributed by atoms with Crippen molar-refractivity contribution >= 4 is 22.6 Å². The first-order valence-electron chi connectivity index (χ1n) is 7.14. The van der Waals surface area contributed by atoms with E-state index >= 15 is 0 Å². The Bertz CT molecular complexity index is 663. The van der Waals surface area contributed by atoms with Crippen LogP contribution in [0, 0.1) is 3.57 Å². The molecule has 0 spiro atoms. The largest absolute Gasteiger partial charge is 0.367 e. The van der Waals surface area contributed by atoms with Crippen LogP contribution in [0.15, 0.2) is 30.6 Å². The summed E-state index contributed by atoms with van der Waals surface area (Å²) < 4.78 is 9.30. The predicted molar refractivity (Wildman–Crippen MR) is 91.1 cm³/mol. The number of halogens is 1. The minimum atomic E-state index is -0.237. The minimum Gasteiger partial charge on any atom is -0.367 e. The third-order valence-electron chi connectivity index (χ3n) is 3.94. The number of nitrogens with zero attached hydrogens (tertiary/aromatic N) is 3. The van der Waals surface area contributed by atoms with Gasteiger partial charge in [0.1, 0.15) is 6.33 Å². The van der Waals surface area contributed by atoms with Crippen molar-refractivity contribution in [3.05, 3.63) is 34.2 Å². The van der Waals surface area contributed by atoms with Crippen molar-refractivity contribution in [3.8, 4) is 11.4 Å². The zero-order valence-electron chi connectivity index (χ0n) is 12.8. The molecule has 2 heterocycles. The van der Waals surface area contributed by atoms with E-state index in [1.165, 1.54) is 3.57 Å². The van der Waals surface area contributed by atoms with E-state index in [-0.39, 0.29) is 17.2 Å². The van der Waals surface area contributed by atoms with Crippen molar-refractivity contribution < 1.29 is 4.74 Å². The van der Waals surface area contributed by atoms with Crippen LogP contribution in [-0.2, 0) is 4.74 Å². The Hall–Kier alpha value is -0.950. The molecular formula is C16H20IN3O. The number of ether oxygens (including phenoxy) is 1. The third-order valence-corrected chi connectivity index (χ3v) is 4.61. The zero-order valence-corrected chi connectivity index (χ0v) is 15.0.